The lowest BCUT2D eigenvalue weighted by Crippen LogP contribution is -2.20. The summed E-state index contributed by atoms with van der Waals surface area (Å²) in [6.07, 6.45) is 12.5. The second-order valence-electron chi connectivity index (χ2n) is 8.32. The van der Waals surface area contributed by atoms with Gasteiger partial charge in [0.2, 0.25) is 0 Å². The smallest absolute Gasteiger partial charge is 0.132 e. The summed E-state index contributed by atoms with van der Waals surface area (Å²) in [6.45, 7) is 5.41. The number of anilines is 1. The molecule has 0 aliphatic carbocycles. The number of hydrogen-bond acceptors (Lipinski definition) is 5. The molecular formula is C25H30N4S. The van der Waals surface area contributed by atoms with Crippen molar-refractivity contribution >= 4 is 17.8 Å². The maximum atomic E-state index is 4.70. The Hall–Kier alpha value is -2.24. The molecule has 5 heteroatoms. The number of fused-ring (bicyclic) bond motifs is 1. The standard InChI is InChI=1S/C25H30N4S/c1-2-9-22-19-29(18-21(22)8-1)30-24(23-12-7-14-26-23)13-5-10-20-11-6-15-27-25(20)28-16-3-4-17-28/h1-2,5-6,8-9,11,13,15,26H,3-4,7,10,12,14,16-19H2/b13-5+,24-23+. The maximum absolute atomic E-state index is 4.70. The molecule has 0 spiro atoms. The molecule has 0 amide bonds. The minimum atomic E-state index is 0.928. The van der Waals surface area contributed by atoms with Gasteiger partial charge in [0.25, 0.3) is 0 Å². The molecule has 30 heavy (non-hydrogen) atoms. The molecule has 1 aromatic carbocycles. The second-order valence-corrected chi connectivity index (χ2v) is 9.46. The highest BCUT2D eigenvalue weighted by Crippen LogP contribution is 2.35. The van der Waals surface area contributed by atoms with Crippen molar-refractivity contribution < 1.29 is 0 Å². The van der Waals surface area contributed by atoms with Crippen LogP contribution in [0.1, 0.15) is 42.4 Å². The summed E-state index contributed by atoms with van der Waals surface area (Å²) in [5.74, 6) is 1.18. The molecule has 2 saturated heterocycles. The van der Waals surface area contributed by atoms with Crippen LogP contribution in [0.2, 0.25) is 0 Å². The van der Waals surface area contributed by atoms with Crippen molar-refractivity contribution in [3.63, 3.8) is 0 Å². The van der Waals surface area contributed by atoms with E-state index >= 15 is 0 Å². The molecule has 4 nitrogen and oxygen atoms in total. The Labute approximate surface area is 184 Å². The van der Waals surface area contributed by atoms with Crippen LogP contribution in [-0.4, -0.2) is 28.9 Å². The quantitative estimate of drug-likeness (QED) is 0.664. The van der Waals surface area contributed by atoms with E-state index in [9.17, 15) is 0 Å². The lowest BCUT2D eigenvalue weighted by Gasteiger charge is -2.19. The third-order valence-electron chi connectivity index (χ3n) is 6.16. The molecule has 1 N–H and O–H groups in total. The zero-order valence-electron chi connectivity index (χ0n) is 17.5. The number of benzene rings is 1. The third-order valence-corrected chi connectivity index (χ3v) is 7.25. The molecule has 0 radical (unpaired) electrons. The fourth-order valence-corrected chi connectivity index (χ4v) is 5.72. The Morgan fingerprint density at radius 2 is 1.83 bits per heavy atom. The van der Waals surface area contributed by atoms with E-state index in [1.54, 1.807) is 0 Å². The summed E-state index contributed by atoms with van der Waals surface area (Å²) in [5.41, 5.74) is 5.66. The number of pyridine rings is 1. The van der Waals surface area contributed by atoms with Crippen molar-refractivity contribution in [3.8, 4) is 0 Å². The Balaban J connectivity index is 1.30. The molecule has 3 aliphatic heterocycles. The zero-order valence-corrected chi connectivity index (χ0v) is 18.3. The van der Waals surface area contributed by atoms with E-state index in [0.717, 1.165) is 45.6 Å². The van der Waals surface area contributed by atoms with Crippen LogP contribution in [-0.2, 0) is 19.5 Å². The van der Waals surface area contributed by atoms with E-state index in [2.05, 4.69) is 63.1 Å². The molecule has 0 atom stereocenters. The van der Waals surface area contributed by atoms with E-state index in [0.29, 0.717) is 0 Å². The maximum Gasteiger partial charge on any atom is 0.132 e. The number of nitrogens with one attached hydrogen (secondary N) is 1. The van der Waals surface area contributed by atoms with Gasteiger partial charge >= 0.3 is 0 Å². The molecule has 1 aromatic heterocycles. The van der Waals surface area contributed by atoms with Gasteiger partial charge < -0.3 is 10.2 Å². The first-order valence-corrected chi connectivity index (χ1v) is 12.0. The average molecular weight is 419 g/mol. The van der Waals surface area contributed by atoms with Gasteiger partial charge in [0.1, 0.15) is 5.82 Å². The van der Waals surface area contributed by atoms with Crippen molar-refractivity contribution in [2.75, 3.05) is 24.5 Å². The van der Waals surface area contributed by atoms with Crippen LogP contribution in [0.15, 0.2) is 65.3 Å². The minimum absolute atomic E-state index is 0.928. The Morgan fingerprint density at radius 3 is 2.57 bits per heavy atom. The van der Waals surface area contributed by atoms with Gasteiger partial charge in [0.05, 0.1) is 0 Å². The number of aromatic nitrogens is 1. The van der Waals surface area contributed by atoms with Crippen molar-refractivity contribution in [1.29, 1.82) is 0 Å². The second kappa shape index (κ2) is 9.27. The van der Waals surface area contributed by atoms with Crippen LogP contribution in [0.25, 0.3) is 0 Å². The molecule has 0 bridgehead atoms. The predicted octanol–water partition coefficient (Wildman–Crippen LogP) is 5.04. The highest BCUT2D eigenvalue weighted by atomic mass is 32.2. The molecule has 2 aromatic rings. The molecule has 5 rings (SSSR count). The largest absolute Gasteiger partial charge is 0.387 e. The van der Waals surface area contributed by atoms with Crippen LogP contribution in [0.4, 0.5) is 5.82 Å². The normalized spacial score (nSPS) is 20.7. The first kappa shape index (κ1) is 19.7. The third kappa shape index (κ3) is 4.42. The Kier molecular flexibility index (Phi) is 6.09. The Bertz CT molecular complexity index is 913. The number of hydrogen-bond donors (Lipinski definition) is 1. The summed E-state index contributed by atoms with van der Waals surface area (Å²) >= 11 is 1.91. The highest BCUT2D eigenvalue weighted by Gasteiger charge is 2.21. The summed E-state index contributed by atoms with van der Waals surface area (Å²) < 4.78 is 2.48. The van der Waals surface area contributed by atoms with Crippen molar-refractivity contribution in [2.45, 2.75) is 45.2 Å². The lowest BCUT2D eigenvalue weighted by molar-refractivity contribution is 0.511. The fourth-order valence-electron chi connectivity index (χ4n) is 4.59. The van der Waals surface area contributed by atoms with Crippen LogP contribution in [0, 0.1) is 0 Å². The van der Waals surface area contributed by atoms with Crippen LogP contribution in [0.5, 0.6) is 0 Å². The molecule has 4 heterocycles. The molecule has 156 valence electrons. The van der Waals surface area contributed by atoms with E-state index in [4.69, 9.17) is 4.98 Å². The predicted molar refractivity (Wildman–Crippen MR) is 126 cm³/mol. The van der Waals surface area contributed by atoms with E-state index in [1.807, 2.05) is 18.1 Å². The van der Waals surface area contributed by atoms with Gasteiger partial charge in [0, 0.05) is 49.5 Å². The molecule has 2 fully saturated rings. The van der Waals surface area contributed by atoms with Crippen LogP contribution < -0.4 is 10.2 Å². The van der Waals surface area contributed by atoms with Gasteiger partial charge in [-0.25, -0.2) is 9.29 Å². The van der Waals surface area contributed by atoms with Gasteiger partial charge in [-0.3, -0.25) is 0 Å². The highest BCUT2D eigenvalue weighted by molar-refractivity contribution is 8.01. The molecule has 0 saturated carbocycles. The van der Waals surface area contributed by atoms with E-state index in [1.165, 1.54) is 52.4 Å². The summed E-state index contributed by atoms with van der Waals surface area (Å²) in [4.78, 5) is 8.51. The van der Waals surface area contributed by atoms with Crippen molar-refractivity contribution in [1.82, 2.24) is 14.6 Å². The number of nitrogens with zero attached hydrogens (tertiary/aromatic N) is 3. The van der Waals surface area contributed by atoms with E-state index < -0.39 is 0 Å². The molecule has 0 unspecified atom stereocenters. The summed E-state index contributed by atoms with van der Waals surface area (Å²) in [6, 6.07) is 13.1. The van der Waals surface area contributed by atoms with E-state index in [-0.39, 0.29) is 0 Å². The number of rotatable bonds is 6. The summed E-state index contributed by atoms with van der Waals surface area (Å²) in [7, 11) is 0. The number of allylic oxidation sites excluding steroid dienone is 3. The Morgan fingerprint density at radius 1 is 1.03 bits per heavy atom. The lowest BCUT2D eigenvalue weighted by atomic mass is 10.1. The summed E-state index contributed by atoms with van der Waals surface area (Å²) in [5, 5.41) is 3.62. The monoisotopic (exact) mass is 418 g/mol. The van der Waals surface area contributed by atoms with Crippen molar-refractivity contribution in [2.24, 2.45) is 0 Å². The molecule has 3 aliphatic rings. The first-order chi connectivity index (χ1) is 14.9. The average Bonchev–Trinajstić information content (AvgIpc) is 3.55. The minimum Gasteiger partial charge on any atom is -0.387 e. The first-order valence-electron chi connectivity index (χ1n) is 11.2. The fraction of sp³-hybridized carbons (Fsp3) is 0.400. The SMILES string of the molecule is C(=C\C(SN1Cc2ccccc2C1)=C1\CCCN1)/Cc1cccnc1N1CCCC1. The van der Waals surface area contributed by atoms with Gasteiger partial charge in [-0.15, -0.1) is 0 Å². The van der Waals surface area contributed by atoms with Gasteiger partial charge in [-0.05, 0) is 72.9 Å². The van der Waals surface area contributed by atoms with Gasteiger partial charge in [-0.2, -0.15) is 0 Å². The van der Waals surface area contributed by atoms with Crippen LogP contribution >= 0.6 is 11.9 Å². The van der Waals surface area contributed by atoms with Gasteiger partial charge in [-0.1, -0.05) is 36.4 Å². The molecular weight excluding hydrogens is 388 g/mol. The van der Waals surface area contributed by atoms with Crippen LogP contribution in [0.3, 0.4) is 0 Å². The zero-order chi connectivity index (χ0) is 20.2. The van der Waals surface area contributed by atoms with Crippen molar-refractivity contribution in [3.05, 3.63) is 82.0 Å². The topological polar surface area (TPSA) is 31.4 Å². The van der Waals surface area contributed by atoms with Gasteiger partial charge in [0.15, 0.2) is 0 Å².